The van der Waals surface area contributed by atoms with Crippen LogP contribution in [0, 0.1) is 0 Å². The van der Waals surface area contributed by atoms with E-state index in [1.54, 1.807) is 25.3 Å². The minimum atomic E-state index is -0.183. The minimum Gasteiger partial charge on any atom is -0.495 e. The van der Waals surface area contributed by atoms with Gasteiger partial charge in [0, 0.05) is 11.6 Å². The average Bonchev–Trinajstić information content (AvgIpc) is 2.48. The fourth-order valence-corrected chi connectivity index (χ4v) is 3.19. The van der Waals surface area contributed by atoms with E-state index in [9.17, 15) is 4.79 Å². The molecule has 0 saturated heterocycles. The van der Waals surface area contributed by atoms with Crippen LogP contribution in [-0.4, -0.2) is 25.0 Å². The van der Waals surface area contributed by atoms with Crippen molar-refractivity contribution in [2.75, 3.05) is 12.8 Å². The molecule has 1 unspecified atom stereocenters. The second-order valence-electron chi connectivity index (χ2n) is 6.25. The molecule has 4 nitrogen and oxygen atoms in total. The van der Waals surface area contributed by atoms with Crippen molar-refractivity contribution in [3.8, 4) is 5.75 Å². The molecule has 0 spiro atoms. The van der Waals surface area contributed by atoms with Crippen molar-refractivity contribution in [3.05, 3.63) is 23.8 Å². The van der Waals surface area contributed by atoms with Gasteiger partial charge in [0.25, 0.3) is 0 Å². The molecule has 4 heteroatoms. The maximum Gasteiger partial charge on any atom is 0.179 e. The molecule has 1 atom stereocenters. The molecule has 1 saturated carbocycles. The quantitative estimate of drug-likeness (QED) is 0.645. The van der Waals surface area contributed by atoms with E-state index < -0.39 is 0 Å². The van der Waals surface area contributed by atoms with Crippen LogP contribution in [0.1, 0.15) is 62.2 Å². The van der Waals surface area contributed by atoms with E-state index >= 15 is 0 Å². The number of hydrogen-bond donors (Lipinski definition) is 2. The van der Waals surface area contributed by atoms with Crippen LogP contribution in [0.3, 0.4) is 0 Å². The molecule has 0 aliphatic heterocycles. The van der Waals surface area contributed by atoms with Crippen LogP contribution >= 0.6 is 0 Å². The van der Waals surface area contributed by atoms with E-state index in [-0.39, 0.29) is 11.8 Å². The number of carbonyl (C=O) groups is 1. The van der Waals surface area contributed by atoms with Crippen molar-refractivity contribution in [2.45, 2.75) is 64.0 Å². The van der Waals surface area contributed by atoms with Gasteiger partial charge in [-0.2, -0.15) is 0 Å². The van der Waals surface area contributed by atoms with E-state index in [1.807, 2.05) is 6.92 Å². The Morgan fingerprint density at radius 2 is 1.86 bits per heavy atom. The zero-order valence-electron chi connectivity index (χ0n) is 13.7. The Hall–Kier alpha value is -1.55. The van der Waals surface area contributed by atoms with Gasteiger partial charge in [0.15, 0.2) is 5.78 Å². The van der Waals surface area contributed by atoms with Gasteiger partial charge in [-0.25, -0.2) is 0 Å². The van der Waals surface area contributed by atoms with Crippen LogP contribution in [0.4, 0.5) is 5.69 Å². The number of carbonyl (C=O) groups excluding carboxylic acids is 1. The predicted octanol–water partition coefficient (Wildman–Crippen LogP) is 3.55. The summed E-state index contributed by atoms with van der Waals surface area (Å²) in [6, 6.07) is 5.52. The number of Topliss-reactive ketones (excluding diaryl/α,β-unsaturated/α-hetero) is 1. The normalized spacial score (nSPS) is 18.3. The molecule has 0 radical (unpaired) electrons. The van der Waals surface area contributed by atoms with Crippen molar-refractivity contribution in [1.29, 1.82) is 0 Å². The molecule has 3 N–H and O–H groups in total. The summed E-state index contributed by atoms with van der Waals surface area (Å²) in [6.07, 6.45) is 8.84. The van der Waals surface area contributed by atoms with Crippen LogP contribution in [0.25, 0.3) is 0 Å². The number of hydrogen-bond acceptors (Lipinski definition) is 4. The number of benzene rings is 1. The summed E-state index contributed by atoms with van der Waals surface area (Å²) in [6.45, 7) is 1.95. The predicted molar refractivity (Wildman–Crippen MR) is 90.4 cm³/mol. The first-order valence-electron chi connectivity index (χ1n) is 8.35. The summed E-state index contributed by atoms with van der Waals surface area (Å²) in [7, 11) is 1.58. The number of ketones is 1. The lowest BCUT2D eigenvalue weighted by molar-refractivity contribution is 0.0941. The molecule has 2 rings (SSSR count). The van der Waals surface area contributed by atoms with Crippen molar-refractivity contribution >= 4 is 11.5 Å². The highest BCUT2D eigenvalue weighted by Crippen LogP contribution is 2.23. The van der Waals surface area contributed by atoms with Crippen LogP contribution < -0.4 is 15.8 Å². The highest BCUT2D eigenvalue weighted by molar-refractivity contribution is 6.00. The third kappa shape index (κ3) is 4.47. The number of methoxy groups -OCH3 is 1. The summed E-state index contributed by atoms with van der Waals surface area (Å²) in [5.41, 5.74) is 7.04. The zero-order valence-corrected chi connectivity index (χ0v) is 13.7. The van der Waals surface area contributed by atoms with Crippen molar-refractivity contribution in [1.82, 2.24) is 5.32 Å². The van der Waals surface area contributed by atoms with Crippen molar-refractivity contribution in [3.63, 3.8) is 0 Å². The molecule has 22 heavy (non-hydrogen) atoms. The first-order valence-corrected chi connectivity index (χ1v) is 8.35. The molecule has 1 fully saturated rings. The van der Waals surface area contributed by atoms with Gasteiger partial charge in [-0.1, -0.05) is 32.1 Å². The average molecular weight is 304 g/mol. The van der Waals surface area contributed by atoms with E-state index in [4.69, 9.17) is 10.5 Å². The summed E-state index contributed by atoms with van der Waals surface area (Å²) < 4.78 is 5.14. The maximum atomic E-state index is 12.6. The van der Waals surface area contributed by atoms with E-state index in [1.165, 1.54) is 44.9 Å². The SMILES string of the molecule is COc1ccc(C(=O)C(C)NC2CCCCCCC2)cc1N. The van der Waals surface area contributed by atoms with E-state index in [2.05, 4.69) is 5.32 Å². The van der Waals surface area contributed by atoms with Gasteiger partial charge in [-0.05, 0) is 38.0 Å². The molecule has 1 aliphatic rings. The van der Waals surface area contributed by atoms with Gasteiger partial charge in [-0.3, -0.25) is 4.79 Å². The number of nitrogens with one attached hydrogen (secondary N) is 1. The second kappa shape index (κ2) is 8.18. The fourth-order valence-electron chi connectivity index (χ4n) is 3.19. The molecule has 0 aromatic heterocycles. The molecule has 1 aliphatic carbocycles. The standard InChI is InChI=1S/C18H28N2O2/c1-13(20-15-8-6-4-3-5-7-9-15)18(21)14-10-11-17(22-2)16(19)12-14/h10-13,15,20H,3-9,19H2,1-2H3. The smallest absolute Gasteiger partial charge is 0.179 e. The Morgan fingerprint density at radius 1 is 1.23 bits per heavy atom. The number of rotatable bonds is 5. The molecule has 0 heterocycles. The monoisotopic (exact) mass is 304 g/mol. The summed E-state index contributed by atoms with van der Waals surface area (Å²) in [5, 5.41) is 3.51. The van der Waals surface area contributed by atoms with Gasteiger partial charge in [0.2, 0.25) is 0 Å². The Labute approximate surface area is 133 Å². The third-order valence-corrected chi connectivity index (χ3v) is 4.50. The number of ether oxygens (including phenoxy) is 1. The number of anilines is 1. The van der Waals surface area contributed by atoms with E-state index in [0.29, 0.717) is 23.0 Å². The third-order valence-electron chi connectivity index (χ3n) is 4.50. The topological polar surface area (TPSA) is 64.3 Å². The molecule has 122 valence electrons. The Balaban J connectivity index is 1.97. The first kappa shape index (κ1) is 16.8. The molecule has 1 aromatic carbocycles. The summed E-state index contributed by atoms with van der Waals surface area (Å²) >= 11 is 0. The Kier molecular flexibility index (Phi) is 6.25. The lowest BCUT2D eigenvalue weighted by atomic mass is 9.95. The summed E-state index contributed by atoms with van der Waals surface area (Å²) in [4.78, 5) is 12.6. The fraction of sp³-hybridized carbons (Fsp3) is 0.611. The van der Waals surface area contributed by atoms with Gasteiger partial charge >= 0.3 is 0 Å². The zero-order chi connectivity index (χ0) is 15.9. The minimum absolute atomic E-state index is 0.0939. The first-order chi connectivity index (χ1) is 10.6. The summed E-state index contributed by atoms with van der Waals surface area (Å²) in [5.74, 6) is 0.702. The second-order valence-corrected chi connectivity index (χ2v) is 6.25. The van der Waals surface area contributed by atoms with Gasteiger partial charge in [-0.15, -0.1) is 0 Å². The molecule has 0 bridgehead atoms. The van der Waals surface area contributed by atoms with E-state index in [0.717, 1.165) is 0 Å². The Morgan fingerprint density at radius 3 is 2.45 bits per heavy atom. The molecular weight excluding hydrogens is 276 g/mol. The lowest BCUT2D eigenvalue weighted by Crippen LogP contribution is -2.41. The van der Waals surface area contributed by atoms with Crippen LogP contribution in [-0.2, 0) is 0 Å². The molecule has 1 aromatic rings. The van der Waals surface area contributed by atoms with Gasteiger partial charge < -0.3 is 15.8 Å². The van der Waals surface area contributed by atoms with Crippen LogP contribution in [0.2, 0.25) is 0 Å². The van der Waals surface area contributed by atoms with Gasteiger partial charge in [0.05, 0.1) is 18.8 Å². The maximum absolute atomic E-state index is 12.6. The highest BCUT2D eigenvalue weighted by Gasteiger charge is 2.20. The lowest BCUT2D eigenvalue weighted by Gasteiger charge is -2.24. The van der Waals surface area contributed by atoms with Crippen molar-refractivity contribution in [2.24, 2.45) is 0 Å². The molecular formula is C18H28N2O2. The Bertz CT molecular complexity index is 494. The van der Waals surface area contributed by atoms with Crippen molar-refractivity contribution < 1.29 is 9.53 Å². The number of nitrogen functional groups attached to an aromatic ring is 1. The van der Waals surface area contributed by atoms with Gasteiger partial charge in [0.1, 0.15) is 5.75 Å². The van der Waals surface area contributed by atoms with Crippen LogP contribution in [0.15, 0.2) is 18.2 Å². The number of nitrogens with two attached hydrogens (primary N) is 1. The highest BCUT2D eigenvalue weighted by atomic mass is 16.5. The largest absolute Gasteiger partial charge is 0.495 e. The van der Waals surface area contributed by atoms with Crippen LogP contribution in [0.5, 0.6) is 5.75 Å². The molecule has 0 amide bonds.